The molecule has 6 nitrogen and oxygen atoms in total. The molecule has 0 bridgehead atoms. The number of Topliss-reactive ketones (excluding diaryl/α,β-unsaturated/α-hetero) is 1. The molecule has 3 heterocycles. The lowest BCUT2D eigenvalue weighted by molar-refractivity contribution is 0.0953. The zero-order valence-electron chi connectivity index (χ0n) is 18.1. The Morgan fingerprint density at radius 3 is 2.59 bits per heavy atom. The molecule has 2 N–H and O–H groups in total. The van der Waals surface area contributed by atoms with Crippen molar-refractivity contribution in [3.05, 3.63) is 92.2 Å². The molecule has 4 aromatic rings. The molecule has 0 radical (unpaired) electrons. The van der Waals surface area contributed by atoms with Gasteiger partial charge < -0.3 is 10.4 Å². The van der Waals surface area contributed by atoms with Crippen molar-refractivity contribution in [3.63, 3.8) is 0 Å². The number of halogens is 1. The molecule has 0 unspecified atom stereocenters. The Morgan fingerprint density at radius 2 is 1.85 bits per heavy atom. The van der Waals surface area contributed by atoms with Crippen LogP contribution < -0.4 is 5.32 Å². The molecule has 4 rings (SSSR count). The lowest BCUT2D eigenvalue weighted by atomic mass is 10.1. The Bertz CT molecular complexity index is 1350. The van der Waals surface area contributed by atoms with Crippen molar-refractivity contribution in [3.8, 4) is 16.2 Å². The van der Waals surface area contributed by atoms with Crippen LogP contribution in [0.25, 0.3) is 10.4 Å². The van der Waals surface area contributed by atoms with Gasteiger partial charge in [0.2, 0.25) is 0 Å². The SMILES string of the molecule is CC(=NCC(=O)c1ccc(C(=O)NCc2ccccn2)s1)c1csc(-c2ccc(Cl)cc2)c1O. The third kappa shape index (κ3) is 5.59. The van der Waals surface area contributed by atoms with Gasteiger partial charge in [-0.25, -0.2) is 0 Å². The number of aromatic nitrogens is 1. The van der Waals surface area contributed by atoms with E-state index in [0.29, 0.717) is 37.5 Å². The fraction of sp³-hybridized carbons (Fsp3) is 0.120. The van der Waals surface area contributed by atoms with Crippen LogP contribution in [0.5, 0.6) is 5.75 Å². The van der Waals surface area contributed by atoms with Crippen LogP contribution in [0, 0.1) is 0 Å². The molecule has 0 spiro atoms. The van der Waals surface area contributed by atoms with E-state index in [1.54, 1.807) is 37.4 Å². The molecule has 34 heavy (non-hydrogen) atoms. The predicted molar refractivity (Wildman–Crippen MR) is 138 cm³/mol. The van der Waals surface area contributed by atoms with Crippen molar-refractivity contribution in [1.29, 1.82) is 0 Å². The molecule has 0 fully saturated rings. The van der Waals surface area contributed by atoms with E-state index in [4.69, 9.17) is 11.6 Å². The van der Waals surface area contributed by atoms with Gasteiger partial charge in [-0.1, -0.05) is 29.8 Å². The second-order valence-electron chi connectivity index (χ2n) is 7.33. The molecule has 9 heteroatoms. The summed E-state index contributed by atoms with van der Waals surface area (Å²) in [5, 5.41) is 15.9. The van der Waals surface area contributed by atoms with Crippen molar-refractivity contribution in [2.75, 3.05) is 6.54 Å². The minimum absolute atomic E-state index is 0.0765. The van der Waals surface area contributed by atoms with Crippen molar-refractivity contribution < 1.29 is 14.7 Å². The van der Waals surface area contributed by atoms with Gasteiger partial charge in [-0.15, -0.1) is 22.7 Å². The highest BCUT2D eigenvalue weighted by molar-refractivity contribution is 7.16. The minimum Gasteiger partial charge on any atom is -0.506 e. The van der Waals surface area contributed by atoms with Crippen LogP contribution in [0.3, 0.4) is 0 Å². The second-order valence-corrected chi connectivity index (χ2v) is 9.73. The zero-order valence-corrected chi connectivity index (χ0v) is 20.5. The number of nitrogens with one attached hydrogen (secondary N) is 1. The number of carbonyl (C=O) groups is 2. The van der Waals surface area contributed by atoms with E-state index in [1.165, 1.54) is 11.3 Å². The van der Waals surface area contributed by atoms with Gasteiger partial charge in [0.1, 0.15) is 12.3 Å². The highest BCUT2D eigenvalue weighted by Gasteiger charge is 2.16. The number of hydrogen-bond donors (Lipinski definition) is 2. The summed E-state index contributed by atoms with van der Waals surface area (Å²) in [5.74, 6) is -0.322. The first-order valence-corrected chi connectivity index (χ1v) is 12.4. The summed E-state index contributed by atoms with van der Waals surface area (Å²) in [4.78, 5) is 35.2. The van der Waals surface area contributed by atoms with Gasteiger partial charge in [-0.3, -0.25) is 19.6 Å². The van der Waals surface area contributed by atoms with Crippen LogP contribution in [0.15, 0.2) is 71.2 Å². The molecule has 1 amide bonds. The van der Waals surface area contributed by atoms with Crippen molar-refractivity contribution in [2.24, 2.45) is 4.99 Å². The first kappa shape index (κ1) is 23.8. The number of carbonyl (C=O) groups excluding carboxylic acids is 2. The van der Waals surface area contributed by atoms with E-state index in [0.717, 1.165) is 22.6 Å². The predicted octanol–water partition coefficient (Wildman–Crippen LogP) is 5.85. The fourth-order valence-corrected chi connectivity index (χ4v) is 5.13. The number of aliphatic imine (C=N–C) groups is 1. The maximum atomic E-state index is 12.6. The average molecular weight is 510 g/mol. The first-order valence-electron chi connectivity index (χ1n) is 10.3. The Labute approximate surface area is 209 Å². The molecule has 0 aliphatic rings. The van der Waals surface area contributed by atoms with Crippen LogP contribution in [0.2, 0.25) is 5.02 Å². The minimum atomic E-state index is -0.257. The third-order valence-electron chi connectivity index (χ3n) is 4.98. The van der Waals surface area contributed by atoms with Crippen molar-refractivity contribution >= 4 is 51.7 Å². The van der Waals surface area contributed by atoms with Crippen molar-refractivity contribution in [2.45, 2.75) is 13.5 Å². The number of nitrogens with zero attached hydrogens (tertiary/aromatic N) is 2. The standard InChI is InChI=1S/C25H20ClN3O3S2/c1-15(19-14-33-24(23(19)31)16-5-7-17(26)8-6-16)28-13-20(30)21-9-10-22(34-21)25(32)29-12-18-4-2-3-11-27-18/h2-11,14,31H,12-13H2,1H3,(H,29,32). The summed E-state index contributed by atoms with van der Waals surface area (Å²) in [6.07, 6.45) is 1.67. The summed E-state index contributed by atoms with van der Waals surface area (Å²) >= 11 is 8.47. The van der Waals surface area contributed by atoms with E-state index in [-0.39, 0.29) is 24.0 Å². The molecule has 1 aromatic carbocycles. The number of pyridine rings is 1. The topological polar surface area (TPSA) is 91.7 Å². The zero-order chi connectivity index (χ0) is 24.1. The van der Waals surface area contributed by atoms with Gasteiger partial charge in [-0.05, 0) is 48.9 Å². The number of ketones is 1. The number of rotatable bonds is 8. The highest BCUT2D eigenvalue weighted by Crippen LogP contribution is 2.39. The van der Waals surface area contributed by atoms with E-state index < -0.39 is 0 Å². The smallest absolute Gasteiger partial charge is 0.261 e. The third-order valence-corrected chi connectivity index (χ3v) is 7.38. The lowest BCUT2D eigenvalue weighted by Gasteiger charge is -2.03. The van der Waals surface area contributed by atoms with Gasteiger partial charge in [-0.2, -0.15) is 0 Å². The Kier molecular flexibility index (Phi) is 7.52. The average Bonchev–Trinajstić information content (AvgIpc) is 3.49. The first-order chi connectivity index (χ1) is 16.4. The van der Waals surface area contributed by atoms with E-state index in [9.17, 15) is 14.7 Å². The maximum absolute atomic E-state index is 12.6. The molecule has 0 saturated carbocycles. The monoisotopic (exact) mass is 509 g/mol. The van der Waals surface area contributed by atoms with E-state index in [2.05, 4.69) is 15.3 Å². The van der Waals surface area contributed by atoms with E-state index >= 15 is 0 Å². The summed E-state index contributed by atoms with van der Waals surface area (Å²) in [5.41, 5.74) is 2.76. The second kappa shape index (κ2) is 10.7. The summed E-state index contributed by atoms with van der Waals surface area (Å²) < 4.78 is 0. The Balaban J connectivity index is 1.39. The maximum Gasteiger partial charge on any atom is 0.261 e. The Morgan fingerprint density at radius 1 is 1.09 bits per heavy atom. The molecule has 0 aliphatic carbocycles. The Hall–Kier alpha value is -3.33. The number of aromatic hydroxyl groups is 1. The van der Waals surface area contributed by atoms with Gasteiger partial charge >= 0.3 is 0 Å². The van der Waals surface area contributed by atoms with Crippen molar-refractivity contribution in [1.82, 2.24) is 10.3 Å². The summed E-state index contributed by atoms with van der Waals surface area (Å²) in [6.45, 7) is 1.99. The molecule has 0 atom stereocenters. The quantitative estimate of drug-likeness (QED) is 0.230. The number of hydrogen-bond acceptors (Lipinski definition) is 7. The molecule has 172 valence electrons. The molecule has 0 saturated heterocycles. The number of amides is 1. The number of thiophene rings is 2. The molecular weight excluding hydrogens is 490 g/mol. The van der Waals surface area contributed by atoms with Gasteiger partial charge in [0.15, 0.2) is 5.78 Å². The molecule has 0 aliphatic heterocycles. The number of benzene rings is 1. The highest BCUT2D eigenvalue weighted by atomic mass is 35.5. The van der Waals surface area contributed by atoms with Crippen LogP contribution >= 0.6 is 34.3 Å². The molecular formula is C25H20ClN3O3S2. The summed E-state index contributed by atoms with van der Waals surface area (Å²) in [7, 11) is 0. The van der Waals surface area contributed by atoms with E-state index in [1.807, 2.05) is 35.7 Å². The van der Waals surface area contributed by atoms with Gasteiger partial charge in [0.05, 0.1) is 26.9 Å². The molecule has 3 aromatic heterocycles. The lowest BCUT2D eigenvalue weighted by Crippen LogP contribution is -2.22. The summed E-state index contributed by atoms with van der Waals surface area (Å²) in [6, 6.07) is 16.0. The van der Waals surface area contributed by atoms with Crippen LogP contribution in [0.1, 0.15) is 37.5 Å². The van der Waals surface area contributed by atoms with Gasteiger partial charge in [0.25, 0.3) is 5.91 Å². The largest absolute Gasteiger partial charge is 0.506 e. The van der Waals surface area contributed by atoms with Gasteiger partial charge in [0, 0.05) is 27.9 Å². The van der Waals surface area contributed by atoms with Crippen LogP contribution in [-0.4, -0.2) is 34.0 Å². The fourth-order valence-electron chi connectivity index (χ4n) is 3.14. The van der Waals surface area contributed by atoms with Crippen LogP contribution in [-0.2, 0) is 6.54 Å². The van der Waals surface area contributed by atoms with Crippen LogP contribution in [0.4, 0.5) is 0 Å². The normalized spacial score (nSPS) is 11.4.